The Balaban J connectivity index is 1.29. The van der Waals surface area contributed by atoms with Crippen molar-refractivity contribution in [1.82, 2.24) is 0 Å². The maximum atomic E-state index is 13.6. The van der Waals surface area contributed by atoms with E-state index in [9.17, 15) is 15.0 Å². The van der Waals surface area contributed by atoms with Gasteiger partial charge in [0.05, 0.1) is 36.0 Å². The van der Waals surface area contributed by atoms with E-state index in [2.05, 4.69) is 0 Å². The van der Waals surface area contributed by atoms with Gasteiger partial charge in [0.25, 0.3) is 0 Å². The molecule has 0 saturated carbocycles. The maximum absolute atomic E-state index is 13.6. The minimum absolute atomic E-state index is 0.188. The number of phenols is 1. The van der Waals surface area contributed by atoms with E-state index in [1.54, 1.807) is 30.3 Å². The van der Waals surface area contributed by atoms with E-state index in [1.807, 2.05) is 29.0 Å². The number of benzene rings is 1. The van der Waals surface area contributed by atoms with Gasteiger partial charge in [0.15, 0.2) is 0 Å². The molecule has 1 aromatic carbocycles. The van der Waals surface area contributed by atoms with Crippen molar-refractivity contribution in [3.8, 4) is 11.5 Å². The van der Waals surface area contributed by atoms with Crippen LogP contribution in [0.5, 0.6) is 11.5 Å². The lowest BCUT2D eigenvalue weighted by Gasteiger charge is -2.53. The Morgan fingerprint density at radius 1 is 1.06 bits per heavy atom. The molecule has 34 heavy (non-hydrogen) atoms. The number of esters is 1. The Morgan fingerprint density at radius 3 is 2.38 bits per heavy atom. The van der Waals surface area contributed by atoms with Crippen LogP contribution in [0.3, 0.4) is 0 Å². The summed E-state index contributed by atoms with van der Waals surface area (Å²) < 4.78 is 12.8. The standard InChI is InChI=1S/C26H29NO5S2/c28-20-5-1-6-21(18-20)31-14-4-11-27-12-9-19(10-13-27)17-24(27)32-25(29)26(30,22-7-2-15-33-22)23-8-3-16-34-23/h1-3,5-8,15-16,18-19,24,30H,4,9-14,17H2/p+1/t19?,24-,27?/m1/s1. The zero-order valence-corrected chi connectivity index (χ0v) is 20.6. The number of ether oxygens (including phenoxy) is 2. The zero-order valence-electron chi connectivity index (χ0n) is 19.0. The summed E-state index contributed by atoms with van der Waals surface area (Å²) in [6, 6.07) is 14.1. The Kier molecular flexibility index (Phi) is 6.66. The van der Waals surface area contributed by atoms with E-state index in [0.717, 1.165) is 49.8 Å². The molecule has 3 aliphatic rings. The van der Waals surface area contributed by atoms with E-state index >= 15 is 0 Å². The molecule has 6 nitrogen and oxygen atoms in total. The normalized spacial score (nSPS) is 24.1. The number of nitrogens with zero attached hydrogens (tertiary/aromatic N) is 1. The number of carbonyl (C=O) groups is 1. The molecule has 3 aliphatic heterocycles. The fourth-order valence-corrected chi connectivity index (χ4v) is 7.05. The van der Waals surface area contributed by atoms with Crippen LogP contribution in [-0.2, 0) is 15.1 Å². The van der Waals surface area contributed by atoms with Gasteiger partial charge in [0.2, 0.25) is 11.8 Å². The van der Waals surface area contributed by atoms with E-state index < -0.39 is 11.6 Å². The zero-order chi connectivity index (χ0) is 23.6. The second-order valence-corrected chi connectivity index (χ2v) is 11.2. The van der Waals surface area contributed by atoms with Gasteiger partial charge in [0, 0.05) is 31.7 Å². The number of aliphatic hydroxyl groups is 1. The second kappa shape index (κ2) is 9.70. The highest BCUT2D eigenvalue weighted by atomic mass is 32.1. The van der Waals surface area contributed by atoms with Gasteiger partial charge in [-0.2, -0.15) is 0 Å². The molecule has 2 N–H and O–H groups in total. The molecular weight excluding hydrogens is 470 g/mol. The molecule has 0 spiro atoms. The van der Waals surface area contributed by atoms with Gasteiger partial charge in [-0.05, 0) is 40.9 Å². The van der Waals surface area contributed by atoms with Crippen LogP contribution in [0.15, 0.2) is 59.3 Å². The highest BCUT2D eigenvalue weighted by Gasteiger charge is 2.52. The van der Waals surface area contributed by atoms with Crippen LogP contribution >= 0.6 is 22.7 Å². The van der Waals surface area contributed by atoms with E-state index in [0.29, 0.717) is 28.0 Å². The average Bonchev–Trinajstić information content (AvgIpc) is 3.58. The number of phenolic OH excluding ortho intramolecular Hbond substituents is 1. The molecular formula is C26H30NO5S2+. The summed E-state index contributed by atoms with van der Waals surface area (Å²) >= 11 is 2.73. The lowest BCUT2D eigenvalue weighted by atomic mass is 9.84. The number of thiophene rings is 2. The van der Waals surface area contributed by atoms with Crippen LogP contribution in [0.2, 0.25) is 0 Å². The molecule has 0 unspecified atom stereocenters. The van der Waals surface area contributed by atoms with Crippen LogP contribution in [0.4, 0.5) is 0 Å². The predicted molar refractivity (Wildman–Crippen MR) is 132 cm³/mol. The molecule has 2 aromatic heterocycles. The van der Waals surface area contributed by atoms with Crippen molar-refractivity contribution in [1.29, 1.82) is 0 Å². The first kappa shape index (κ1) is 23.4. The fourth-order valence-electron chi connectivity index (χ4n) is 5.34. The van der Waals surface area contributed by atoms with Crippen molar-refractivity contribution in [3.63, 3.8) is 0 Å². The number of hydrogen-bond donors (Lipinski definition) is 2. The van der Waals surface area contributed by atoms with Gasteiger partial charge in [-0.3, -0.25) is 4.48 Å². The summed E-state index contributed by atoms with van der Waals surface area (Å²) in [5, 5.41) is 25.0. The van der Waals surface area contributed by atoms with Gasteiger partial charge >= 0.3 is 5.97 Å². The maximum Gasteiger partial charge on any atom is 0.353 e. The topological polar surface area (TPSA) is 76.0 Å². The van der Waals surface area contributed by atoms with Gasteiger partial charge in [-0.15, -0.1) is 22.7 Å². The smallest absolute Gasteiger partial charge is 0.353 e. The van der Waals surface area contributed by atoms with E-state index in [-0.39, 0.29) is 12.0 Å². The van der Waals surface area contributed by atoms with E-state index in [4.69, 9.17) is 9.47 Å². The quantitative estimate of drug-likeness (QED) is 0.253. The molecule has 180 valence electrons. The van der Waals surface area contributed by atoms with Crippen molar-refractivity contribution in [2.75, 3.05) is 26.2 Å². The summed E-state index contributed by atoms with van der Waals surface area (Å²) in [4.78, 5) is 14.7. The van der Waals surface area contributed by atoms with Crippen molar-refractivity contribution >= 4 is 28.6 Å². The minimum Gasteiger partial charge on any atom is -0.508 e. The minimum atomic E-state index is -1.78. The average molecular weight is 501 g/mol. The van der Waals surface area contributed by atoms with Gasteiger partial charge in [0.1, 0.15) is 11.5 Å². The van der Waals surface area contributed by atoms with Gasteiger partial charge in [-0.25, -0.2) is 4.79 Å². The molecule has 3 fully saturated rings. The molecule has 0 aliphatic carbocycles. The molecule has 1 atom stereocenters. The number of fused-ring (bicyclic) bond motifs is 3. The molecule has 3 saturated heterocycles. The lowest BCUT2D eigenvalue weighted by molar-refractivity contribution is -0.984. The Bertz CT molecular complexity index is 1060. The number of hydrogen-bond acceptors (Lipinski definition) is 7. The van der Waals surface area contributed by atoms with Crippen LogP contribution in [0.25, 0.3) is 0 Å². The predicted octanol–water partition coefficient (Wildman–Crippen LogP) is 4.72. The second-order valence-electron chi connectivity index (χ2n) is 9.29. The fraction of sp³-hybridized carbons (Fsp3) is 0.423. The monoisotopic (exact) mass is 500 g/mol. The third-order valence-electron chi connectivity index (χ3n) is 7.24. The van der Waals surface area contributed by atoms with Crippen molar-refractivity contribution < 1.29 is 29.0 Å². The van der Waals surface area contributed by atoms with Crippen molar-refractivity contribution in [2.24, 2.45) is 5.92 Å². The molecule has 6 rings (SSSR count). The number of aromatic hydroxyl groups is 1. The van der Waals surface area contributed by atoms with Crippen LogP contribution in [0, 0.1) is 5.92 Å². The molecule has 2 bridgehead atoms. The third-order valence-corrected chi connectivity index (χ3v) is 9.20. The molecule has 8 heteroatoms. The lowest BCUT2D eigenvalue weighted by Crippen LogP contribution is -2.66. The summed E-state index contributed by atoms with van der Waals surface area (Å²) in [6.07, 6.45) is 3.68. The van der Waals surface area contributed by atoms with Gasteiger partial charge < -0.3 is 19.7 Å². The highest BCUT2D eigenvalue weighted by Crippen LogP contribution is 2.42. The Labute approximate surface area is 207 Å². The Hall–Kier alpha value is -2.39. The molecule has 3 aromatic rings. The van der Waals surface area contributed by atoms with Crippen molar-refractivity contribution in [2.45, 2.75) is 37.5 Å². The number of rotatable bonds is 9. The van der Waals surface area contributed by atoms with E-state index in [1.165, 1.54) is 22.7 Å². The first-order chi connectivity index (χ1) is 16.5. The highest BCUT2D eigenvalue weighted by molar-refractivity contribution is 7.12. The van der Waals surface area contributed by atoms with Crippen LogP contribution < -0.4 is 4.74 Å². The number of piperidine rings is 3. The number of quaternary nitrogens is 1. The largest absolute Gasteiger partial charge is 0.508 e. The first-order valence-corrected chi connectivity index (χ1v) is 13.5. The summed E-state index contributed by atoms with van der Waals surface area (Å²) in [7, 11) is 0. The number of carbonyl (C=O) groups excluding carboxylic acids is 1. The van der Waals surface area contributed by atoms with Crippen molar-refractivity contribution in [3.05, 3.63) is 69.0 Å². The summed E-state index contributed by atoms with van der Waals surface area (Å²) in [5.41, 5.74) is -1.78. The van der Waals surface area contributed by atoms with Crippen LogP contribution in [0.1, 0.15) is 35.4 Å². The summed E-state index contributed by atoms with van der Waals surface area (Å²) in [5.74, 6) is 0.826. The summed E-state index contributed by atoms with van der Waals surface area (Å²) in [6.45, 7) is 3.33. The molecule has 0 amide bonds. The molecule has 5 heterocycles. The first-order valence-electron chi connectivity index (χ1n) is 11.8. The Morgan fingerprint density at radius 2 is 1.76 bits per heavy atom. The van der Waals surface area contributed by atoms with Gasteiger partial charge in [-0.1, -0.05) is 18.2 Å². The SMILES string of the molecule is O=C(O[C@@H]1CC2CC[N+]1(CCCOc1cccc(O)c1)CC2)C(O)(c1cccs1)c1cccs1. The van der Waals surface area contributed by atoms with Crippen LogP contribution in [-0.4, -0.2) is 53.1 Å². The molecule has 0 radical (unpaired) electrons. The third kappa shape index (κ3) is 4.47.